The largest absolute Gasteiger partial charge is 0.493 e. The van der Waals surface area contributed by atoms with Crippen LogP contribution in [0.3, 0.4) is 0 Å². The van der Waals surface area contributed by atoms with Crippen molar-refractivity contribution in [1.82, 2.24) is 9.80 Å². The molecule has 0 amide bonds. The highest BCUT2D eigenvalue weighted by Gasteiger charge is 2.16. The predicted octanol–water partition coefficient (Wildman–Crippen LogP) is 0.496. The van der Waals surface area contributed by atoms with E-state index < -0.39 is 0 Å². The Morgan fingerprint density at radius 2 is 1.82 bits per heavy atom. The Morgan fingerprint density at radius 3 is 2.41 bits per heavy atom. The summed E-state index contributed by atoms with van der Waals surface area (Å²) in [6.07, 6.45) is 0.790. The molecule has 0 unspecified atom stereocenters. The van der Waals surface area contributed by atoms with Crippen molar-refractivity contribution in [3.63, 3.8) is 0 Å². The van der Waals surface area contributed by atoms with Gasteiger partial charge in [0.2, 0.25) is 0 Å². The van der Waals surface area contributed by atoms with Gasteiger partial charge in [-0.25, -0.2) is 0 Å². The minimum Gasteiger partial charge on any atom is -0.493 e. The van der Waals surface area contributed by atoms with Gasteiger partial charge in [0.15, 0.2) is 11.5 Å². The molecule has 1 heterocycles. The SMILES string of the molecule is COc1cc(C=O)ccc1OCCN1CCN(CCO)CC1. The second-order valence-electron chi connectivity index (χ2n) is 5.28. The number of ether oxygens (including phenoxy) is 2. The van der Waals surface area contributed by atoms with E-state index in [2.05, 4.69) is 9.80 Å². The van der Waals surface area contributed by atoms with Crippen molar-refractivity contribution in [3.05, 3.63) is 23.8 Å². The van der Waals surface area contributed by atoms with Gasteiger partial charge in [0.05, 0.1) is 13.7 Å². The molecule has 0 aliphatic carbocycles. The first kappa shape index (κ1) is 16.7. The molecule has 122 valence electrons. The van der Waals surface area contributed by atoms with E-state index >= 15 is 0 Å². The van der Waals surface area contributed by atoms with Crippen LogP contribution in [0.1, 0.15) is 10.4 Å². The number of methoxy groups -OCH3 is 1. The number of aliphatic hydroxyl groups is 1. The number of β-amino-alcohol motifs (C(OH)–C–C–N with tert-alkyl or cyclic N) is 1. The van der Waals surface area contributed by atoms with Crippen molar-refractivity contribution < 1.29 is 19.4 Å². The van der Waals surface area contributed by atoms with Crippen LogP contribution in [-0.2, 0) is 0 Å². The Labute approximate surface area is 131 Å². The summed E-state index contributed by atoms with van der Waals surface area (Å²) in [6, 6.07) is 5.16. The van der Waals surface area contributed by atoms with Gasteiger partial charge in [0, 0.05) is 44.8 Å². The third-order valence-corrected chi connectivity index (χ3v) is 3.87. The van der Waals surface area contributed by atoms with Crippen molar-refractivity contribution >= 4 is 6.29 Å². The zero-order valence-electron chi connectivity index (χ0n) is 13.0. The molecule has 2 rings (SSSR count). The van der Waals surface area contributed by atoms with E-state index in [1.54, 1.807) is 25.3 Å². The van der Waals surface area contributed by atoms with Crippen molar-refractivity contribution in [1.29, 1.82) is 0 Å². The molecule has 0 saturated carbocycles. The normalized spacial score (nSPS) is 16.5. The van der Waals surface area contributed by atoms with E-state index in [0.717, 1.165) is 45.6 Å². The van der Waals surface area contributed by atoms with Crippen LogP contribution < -0.4 is 9.47 Å². The summed E-state index contributed by atoms with van der Waals surface area (Å²) in [5.74, 6) is 1.24. The molecule has 1 fully saturated rings. The van der Waals surface area contributed by atoms with Gasteiger partial charge in [0.25, 0.3) is 0 Å². The summed E-state index contributed by atoms with van der Waals surface area (Å²) in [7, 11) is 1.57. The molecule has 1 aliphatic heterocycles. The number of aldehydes is 1. The van der Waals surface area contributed by atoms with Crippen LogP contribution in [0.4, 0.5) is 0 Å². The summed E-state index contributed by atoms with van der Waals surface area (Å²) in [5, 5.41) is 8.93. The molecule has 0 radical (unpaired) electrons. The first-order valence-corrected chi connectivity index (χ1v) is 7.58. The maximum Gasteiger partial charge on any atom is 0.161 e. The molecule has 0 aromatic heterocycles. The van der Waals surface area contributed by atoms with Crippen LogP contribution in [0.25, 0.3) is 0 Å². The molecule has 1 aliphatic rings. The van der Waals surface area contributed by atoms with E-state index in [4.69, 9.17) is 14.6 Å². The molecule has 0 spiro atoms. The topological polar surface area (TPSA) is 62.2 Å². The molecule has 6 heteroatoms. The van der Waals surface area contributed by atoms with E-state index in [1.165, 1.54) is 0 Å². The van der Waals surface area contributed by atoms with Gasteiger partial charge in [-0.15, -0.1) is 0 Å². The second-order valence-corrected chi connectivity index (χ2v) is 5.28. The molecule has 1 aromatic rings. The number of aliphatic hydroxyl groups excluding tert-OH is 1. The molecule has 1 saturated heterocycles. The monoisotopic (exact) mass is 308 g/mol. The van der Waals surface area contributed by atoms with Crippen molar-refractivity contribution in [3.8, 4) is 11.5 Å². The van der Waals surface area contributed by atoms with Gasteiger partial charge in [-0.1, -0.05) is 0 Å². The number of carbonyl (C=O) groups is 1. The van der Waals surface area contributed by atoms with E-state index in [-0.39, 0.29) is 6.61 Å². The Balaban J connectivity index is 1.76. The van der Waals surface area contributed by atoms with Crippen molar-refractivity contribution in [2.24, 2.45) is 0 Å². The Morgan fingerprint density at radius 1 is 1.14 bits per heavy atom. The number of carbonyl (C=O) groups excluding carboxylic acids is 1. The first-order chi connectivity index (χ1) is 10.8. The summed E-state index contributed by atoms with van der Waals surface area (Å²) < 4.78 is 11.0. The molecular formula is C16H24N2O4. The van der Waals surface area contributed by atoms with E-state index in [0.29, 0.717) is 23.7 Å². The molecule has 0 bridgehead atoms. The number of benzene rings is 1. The first-order valence-electron chi connectivity index (χ1n) is 7.58. The number of hydrogen-bond donors (Lipinski definition) is 1. The standard InChI is InChI=1S/C16H24N2O4/c1-21-16-12-14(13-20)2-3-15(16)22-11-9-18-6-4-17(5-7-18)8-10-19/h2-3,12-13,19H,4-11H2,1H3. The molecule has 0 atom stereocenters. The van der Waals surface area contributed by atoms with Crippen LogP contribution in [0.5, 0.6) is 11.5 Å². The average molecular weight is 308 g/mol. The summed E-state index contributed by atoms with van der Waals surface area (Å²) in [4.78, 5) is 15.4. The highest BCUT2D eigenvalue weighted by Crippen LogP contribution is 2.27. The second kappa shape index (κ2) is 8.73. The van der Waals surface area contributed by atoms with Gasteiger partial charge in [-0.05, 0) is 18.2 Å². The zero-order chi connectivity index (χ0) is 15.8. The lowest BCUT2D eigenvalue weighted by molar-refractivity contribution is 0.101. The molecular weight excluding hydrogens is 284 g/mol. The minimum atomic E-state index is 0.222. The van der Waals surface area contributed by atoms with Crippen LogP contribution in [0, 0.1) is 0 Å². The fourth-order valence-corrected chi connectivity index (χ4v) is 2.54. The maximum absolute atomic E-state index is 10.8. The van der Waals surface area contributed by atoms with Gasteiger partial charge in [-0.2, -0.15) is 0 Å². The number of rotatable bonds is 8. The maximum atomic E-state index is 10.8. The summed E-state index contributed by atoms with van der Waals surface area (Å²) >= 11 is 0. The van der Waals surface area contributed by atoms with E-state index in [9.17, 15) is 4.79 Å². The molecule has 1 N–H and O–H groups in total. The highest BCUT2D eigenvalue weighted by atomic mass is 16.5. The van der Waals surface area contributed by atoms with Gasteiger partial charge in [-0.3, -0.25) is 14.6 Å². The molecule has 1 aromatic carbocycles. The van der Waals surface area contributed by atoms with Crippen LogP contribution >= 0.6 is 0 Å². The van der Waals surface area contributed by atoms with Gasteiger partial charge >= 0.3 is 0 Å². The third kappa shape index (κ3) is 4.69. The average Bonchev–Trinajstić information content (AvgIpc) is 2.57. The Bertz CT molecular complexity index is 473. The quantitative estimate of drug-likeness (QED) is 0.706. The van der Waals surface area contributed by atoms with Gasteiger partial charge < -0.3 is 14.6 Å². The summed E-state index contributed by atoms with van der Waals surface area (Å²) in [6.45, 7) is 6.36. The highest BCUT2D eigenvalue weighted by molar-refractivity contribution is 5.76. The number of piperazine rings is 1. The van der Waals surface area contributed by atoms with Crippen molar-refractivity contribution in [2.45, 2.75) is 0 Å². The van der Waals surface area contributed by atoms with Gasteiger partial charge in [0.1, 0.15) is 12.9 Å². The smallest absolute Gasteiger partial charge is 0.161 e. The lowest BCUT2D eigenvalue weighted by atomic mass is 10.2. The lowest BCUT2D eigenvalue weighted by Gasteiger charge is -2.34. The minimum absolute atomic E-state index is 0.222. The molecule has 22 heavy (non-hydrogen) atoms. The third-order valence-electron chi connectivity index (χ3n) is 3.87. The van der Waals surface area contributed by atoms with Crippen LogP contribution in [0.15, 0.2) is 18.2 Å². The molecule has 6 nitrogen and oxygen atoms in total. The van der Waals surface area contributed by atoms with Crippen LogP contribution in [0.2, 0.25) is 0 Å². The predicted molar refractivity (Wildman–Crippen MR) is 83.8 cm³/mol. The zero-order valence-corrected chi connectivity index (χ0v) is 13.0. The van der Waals surface area contributed by atoms with Crippen LogP contribution in [-0.4, -0.2) is 80.8 Å². The lowest BCUT2D eigenvalue weighted by Crippen LogP contribution is -2.48. The Kier molecular flexibility index (Phi) is 6.64. The van der Waals surface area contributed by atoms with E-state index in [1.807, 2.05) is 0 Å². The number of nitrogens with zero attached hydrogens (tertiary/aromatic N) is 2. The Hall–Kier alpha value is -1.63. The fraction of sp³-hybridized carbons (Fsp3) is 0.562. The number of hydrogen-bond acceptors (Lipinski definition) is 6. The summed E-state index contributed by atoms with van der Waals surface area (Å²) in [5.41, 5.74) is 0.573. The van der Waals surface area contributed by atoms with Crippen molar-refractivity contribution in [2.75, 3.05) is 59.6 Å². The fourth-order valence-electron chi connectivity index (χ4n) is 2.54.